The summed E-state index contributed by atoms with van der Waals surface area (Å²) in [5.74, 6) is 0.665. The van der Waals surface area contributed by atoms with Crippen molar-refractivity contribution in [2.75, 3.05) is 19.8 Å². The van der Waals surface area contributed by atoms with Gasteiger partial charge in [0.15, 0.2) is 0 Å². The van der Waals surface area contributed by atoms with Gasteiger partial charge in [0.05, 0.1) is 12.2 Å². The van der Waals surface area contributed by atoms with Crippen molar-refractivity contribution in [3.8, 4) is 0 Å². The normalized spacial score (nSPS) is 30.9. The second kappa shape index (κ2) is 4.89. The van der Waals surface area contributed by atoms with Crippen molar-refractivity contribution in [2.45, 2.75) is 37.8 Å². The lowest BCUT2D eigenvalue weighted by atomic mass is 9.89. The molecular weight excluding hydrogens is 268 g/mol. The molecule has 2 fully saturated rings. The third kappa shape index (κ3) is 2.42. The second-order valence-electron chi connectivity index (χ2n) is 5.32. The van der Waals surface area contributed by atoms with Crippen molar-refractivity contribution in [3.63, 3.8) is 0 Å². The fraction of sp³-hybridized carbons (Fsp3) is 0.692. The third-order valence-electron chi connectivity index (χ3n) is 4.00. The van der Waals surface area contributed by atoms with E-state index in [4.69, 9.17) is 21.1 Å². The van der Waals surface area contributed by atoms with Gasteiger partial charge < -0.3 is 9.47 Å². The van der Waals surface area contributed by atoms with E-state index in [2.05, 4.69) is 4.98 Å². The molecule has 2 saturated heterocycles. The monoisotopic (exact) mass is 284 g/mol. The first kappa shape index (κ1) is 13.1. The fourth-order valence-corrected chi connectivity index (χ4v) is 3.32. The summed E-state index contributed by atoms with van der Waals surface area (Å²) in [6, 6.07) is 1.50. The van der Waals surface area contributed by atoms with E-state index in [1.165, 1.54) is 6.07 Å². The maximum Gasteiger partial charge on any atom is 0.255 e. The molecule has 2 atom stereocenters. The van der Waals surface area contributed by atoms with Crippen LogP contribution in [-0.4, -0.2) is 35.0 Å². The quantitative estimate of drug-likeness (QED) is 0.737. The summed E-state index contributed by atoms with van der Waals surface area (Å²) in [6.45, 7) is 3.83. The van der Waals surface area contributed by atoms with E-state index in [-0.39, 0.29) is 22.4 Å². The Morgan fingerprint density at radius 3 is 3.05 bits per heavy atom. The molecule has 104 valence electrons. The number of halogens is 1. The first-order valence-electron chi connectivity index (χ1n) is 6.57. The number of nitrogens with zero attached hydrogens (tertiary/aromatic N) is 2. The van der Waals surface area contributed by atoms with Gasteiger partial charge in [-0.3, -0.25) is 9.36 Å². The van der Waals surface area contributed by atoms with E-state index in [0.717, 1.165) is 25.9 Å². The number of ether oxygens (including phenoxy) is 2. The van der Waals surface area contributed by atoms with E-state index < -0.39 is 0 Å². The minimum Gasteiger partial charge on any atom is -0.378 e. The molecule has 1 aromatic heterocycles. The Kier molecular flexibility index (Phi) is 3.37. The Labute approximate surface area is 116 Å². The summed E-state index contributed by atoms with van der Waals surface area (Å²) < 4.78 is 13.1. The van der Waals surface area contributed by atoms with Gasteiger partial charge in [0.2, 0.25) is 0 Å². The van der Waals surface area contributed by atoms with Crippen molar-refractivity contribution < 1.29 is 9.47 Å². The Hall–Kier alpha value is -0.910. The molecule has 0 radical (unpaired) electrons. The highest BCUT2D eigenvalue weighted by atomic mass is 35.5. The van der Waals surface area contributed by atoms with Crippen LogP contribution in [0.4, 0.5) is 0 Å². The van der Waals surface area contributed by atoms with Crippen molar-refractivity contribution >= 4 is 11.6 Å². The first-order valence-corrected chi connectivity index (χ1v) is 6.95. The summed E-state index contributed by atoms with van der Waals surface area (Å²) >= 11 is 5.81. The molecule has 0 amide bonds. The van der Waals surface area contributed by atoms with Crippen molar-refractivity contribution in [2.24, 2.45) is 0 Å². The van der Waals surface area contributed by atoms with Gasteiger partial charge in [0.1, 0.15) is 11.0 Å². The smallest absolute Gasteiger partial charge is 0.255 e. The molecule has 3 rings (SSSR count). The molecule has 2 unspecified atom stereocenters. The van der Waals surface area contributed by atoms with Gasteiger partial charge in [0.25, 0.3) is 5.56 Å². The van der Waals surface area contributed by atoms with Gasteiger partial charge >= 0.3 is 0 Å². The predicted octanol–water partition coefficient (Wildman–Crippen LogP) is 1.72. The summed E-state index contributed by atoms with van der Waals surface area (Å²) in [7, 11) is 0. The van der Waals surface area contributed by atoms with Gasteiger partial charge in [-0.05, 0) is 19.8 Å². The minimum absolute atomic E-state index is 0.0848. The van der Waals surface area contributed by atoms with Crippen LogP contribution in [0.25, 0.3) is 0 Å². The first-order chi connectivity index (χ1) is 9.10. The average Bonchev–Trinajstić information content (AvgIpc) is 2.76. The lowest BCUT2D eigenvalue weighted by Crippen LogP contribution is -2.43. The summed E-state index contributed by atoms with van der Waals surface area (Å²) in [5, 5.41) is 0.254. The zero-order chi connectivity index (χ0) is 13.5. The van der Waals surface area contributed by atoms with Crippen molar-refractivity contribution in [3.05, 3.63) is 27.4 Å². The molecule has 1 aromatic rings. The summed E-state index contributed by atoms with van der Waals surface area (Å²) in [4.78, 5) is 16.3. The average molecular weight is 285 g/mol. The van der Waals surface area contributed by atoms with E-state index in [0.29, 0.717) is 19.0 Å². The zero-order valence-electron chi connectivity index (χ0n) is 10.9. The van der Waals surface area contributed by atoms with E-state index >= 15 is 0 Å². The Morgan fingerprint density at radius 1 is 1.53 bits per heavy atom. The Bertz CT molecular complexity index is 537. The van der Waals surface area contributed by atoms with Crippen LogP contribution in [0.5, 0.6) is 0 Å². The standard InChI is InChI=1S/C13H17ClN2O3/c1-9-15-11(14)6-12(17)16(9)10-2-4-19-13(7-10)3-5-18-8-13/h6,10H,2-5,7-8H2,1H3. The van der Waals surface area contributed by atoms with Crippen LogP contribution in [0.2, 0.25) is 5.15 Å². The van der Waals surface area contributed by atoms with Crippen LogP contribution in [0.15, 0.2) is 10.9 Å². The van der Waals surface area contributed by atoms with Gasteiger partial charge in [-0.1, -0.05) is 11.6 Å². The van der Waals surface area contributed by atoms with Crippen LogP contribution in [0.3, 0.4) is 0 Å². The lowest BCUT2D eigenvalue weighted by Gasteiger charge is -2.38. The van der Waals surface area contributed by atoms with E-state index in [1.807, 2.05) is 6.92 Å². The molecule has 19 heavy (non-hydrogen) atoms. The number of hydrogen-bond donors (Lipinski definition) is 0. The van der Waals surface area contributed by atoms with Gasteiger partial charge in [-0.2, -0.15) is 0 Å². The van der Waals surface area contributed by atoms with Gasteiger partial charge in [-0.25, -0.2) is 4.98 Å². The summed E-state index contributed by atoms with van der Waals surface area (Å²) in [6.07, 6.45) is 2.53. The molecule has 6 heteroatoms. The maximum atomic E-state index is 12.1. The third-order valence-corrected chi connectivity index (χ3v) is 4.19. The topological polar surface area (TPSA) is 53.4 Å². The highest BCUT2D eigenvalue weighted by molar-refractivity contribution is 6.29. The molecule has 0 aromatic carbocycles. The largest absolute Gasteiger partial charge is 0.378 e. The molecule has 1 spiro atoms. The number of aryl methyl sites for hydroxylation is 1. The molecule has 3 heterocycles. The van der Waals surface area contributed by atoms with Crippen molar-refractivity contribution in [1.29, 1.82) is 0 Å². The second-order valence-corrected chi connectivity index (χ2v) is 5.70. The molecule has 0 bridgehead atoms. The van der Waals surface area contributed by atoms with Crippen LogP contribution in [0.1, 0.15) is 31.1 Å². The number of rotatable bonds is 1. The molecule has 0 N–H and O–H groups in total. The molecule has 5 nitrogen and oxygen atoms in total. The zero-order valence-corrected chi connectivity index (χ0v) is 11.7. The van der Waals surface area contributed by atoms with E-state index in [1.54, 1.807) is 4.57 Å². The Balaban J connectivity index is 1.92. The molecule has 2 aliphatic heterocycles. The van der Waals surface area contributed by atoms with Crippen molar-refractivity contribution in [1.82, 2.24) is 9.55 Å². The van der Waals surface area contributed by atoms with Crippen LogP contribution in [0, 0.1) is 6.92 Å². The number of aromatic nitrogens is 2. The fourth-order valence-electron chi connectivity index (χ4n) is 3.10. The molecule has 0 aliphatic carbocycles. The lowest BCUT2D eigenvalue weighted by molar-refractivity contribution is -0.0955. The Morgan fingerprint density at radius 2 is 2.37 bits per heavy atom. The van der Waals surface area contributed by atoms with Crippen LogP contribution < -0.4 is 5.56 Å². The maximum absolute atomic E-state index is 12.1. The van der Waals surface area contributed by atoms with Crippen LogP contribution in [-0.2, 0) is 9.47 Å². The van der Waals surface area contributed by atoms with Gasteiger partial charge in [-0.15, -0.1) is 0 Å². The minimum atomic E-state index is -0.214. The highest BCUT2D eigenvalue weighted by Gasteiger charge is 2.42. The number of hydrogen-bond acceptors (Lipinski definition) is 4. The molecule has 2 aliphatic rings. The van der Waals surface area contributed by atoms with Crippen LogP contribution >= 0.6 is 11.6 Å². The van der Waals surface area contributed by atoms with Gasteiger partial charge in [0, 0.05) is 31.7 Å². The van der Waals surface area contributed by atoms with E-state index in [9.17, 15) is 4.79 Å². The molecule has 0 saturated carbocycles. The highest BCUT2D eigenvalue weighted by Crippen LogP contribution is 2.37. The summed E-state index contributed by atoms with van der Waals surface area (Å²) in [5.41, 5.74) is -0.299. The molecular formula is C13H17ClN2O3. The predicted molar refractivity (Wildman–Crippen MR) is 70.6 cm³/mol. The SMILES string of the molecule is Cc1nc(Cl)cc(=O)n1C1CCOC2(CCOC2)C1.